The third-order valence-electron chi connectivity index (χ3n) is 3.33. The van der Waals surface area contributed by atoms with E-state index in [9.17, 15) is 9.59 Å². The molecule has 8 heteroatoms. The summed E-state index contributed by atoms with van der Waals surface area (Å²) in [5, 5.41) is 6.06. The second-order valence-electron chi connectivity index (χ2n) is 5.02. The number of ether oxygens (including phenoxy) is 1. The molecule has 1 rings (SSSR count). The van der Waals surface area contributed by atoms with Crippen LogP contribution in [0.4, 0.5) is 0 Å². The lowest BCUT2D eigenvalue weighted by Crippen LogP contribution is -2.48. The summed E-state index contributed by atoms with van der Waals surface area (Å²) < 4.78 is 4.93. The van der Waals surface area contributed by atoms with Gasteiger partial charge in [0.25, 0.3) is 0 Å². The highest BCUT2D eigenvalue weighted by Gasteiger charge is 2.33. The number of methoxy groups -OCH3 is 1. The number of rotatable bonds is 10. The van der Waals surface area contributed by atoms with E-state index in [0.717, 1.165) is 19.4 Å². The molecule has 1 aliphatic rings. The van der Waals surface area contributed by atoms with Crippen LogP contribution < -0.4 is 10.6 Å². The fraction of sp³-hybridized carbons (Fsp3) is 0.857. The van der Waals surface area contributed by atoms with Crippen molar-refractivity contribution in [2.75, 3.05) is 45.0 Å². The third kappa shape index (κ3) is 7.67. The average Bonchev–Trinajstić information content (AvgIpc) is 2.97. The fourth-order valence-electron chi connectivity index (χ4n) is 2.07. The van der Waals surface area contributed by atoms with E-state index in [4.69, 9.17) is 4.74 Å². The van der Waals surface area contributed by atoms with E-state index < -0.39 is 0 Å². The van der Waals surface area contributed by atoms with Crippen LogP contribution in [-0.4, -0.2) is 67.7 Å². The number of amides is 2. The van der Waals surface area contributed by atoms with Crippen molar-refractivity contribution in [2.45, 2.75) is 32.2 Å². The number of hydrogen-bond donors (Lipinski definition) is 2. The number of carbonyl (C=O) groups is 2. The minimum atomic E-state index is -0.307. The lowest BCUT2D eigenvalue weighted by atomic mass is 10.2. The van der Waals surface area contributed by atoms with Crippen molar-refractivity contribution in [2.24, 2.45) is 0 Å². The lowest BCUT2D eigenvalue weighted by molar-refractivity contribution is -0.138. The van der Waals surface area contributed by atoms with Gasteiger partial charge in [0, 0.05) is 38.9 Å². The molecule has 0 aliphatic carbocycles. The van der Waals surface area contributed by atoms with Gasteiger partial charge in [0.1, 0.15) is 6.04 Å². The largest absolute Gasteiger partial charge is 0.383 e. The molecule has 6 nitrogen and oxygen atoms in total. The summed E-state index contributed by atoms with van der Waals surface area (Å²) >= 11 is 1.64. The SMILES string of the molecule is CCCCC(=O)N1CSCC1C(=O)NCCNCCOC.Cl. The van der Waals surface area contributed by atoms with Crippen LogP contribution in [0.1, 0.15) is 26.2 Å². The average molecular weight is 354 g/mol. The molecular weight excluding hydrogens is 326 g/mol. The Kier molecular flexibility index (Phi) is 12.7. The van der Waals surface area contributed by atoms with Gasteiger partial charge in [-0.15, -0.1) is 24.2 Å². The van der Waals surface area contributed by atoms with Gasteiger partial charge < -0.3 is 20.3 Å². The van der Waals surface area contributed by atoms with Gasteiger partial charge in [0.15, 0.2) is 0 Å². The Morgan fingerprint density at radius 3 is 2.77 bits per heavy atom. The molecule has 1 atom stereocenters. The first kappa shape index (κ1) is 21.5. The smallest absolute Gasteiger partial charge is 0.243 e. The maximum atomic E-state index is 12.2. The standard InChI is InChI=1S/C14H27N3O3S.ClH/c1-3-4-5-13(18)17-11-21-10-12(17)14(19)16-7-6-15-8-9-20-2;/h12,15H,3-11H2,1-2H3,(H,16,19);1H. The maximum absolute atomic E-state index is 12.2. The van der Waals surface area contributed by atoms with Gasteiger partial charge in [-0.25, -0.2) is 0 Å². The van der Waals surface area contributed by atoms with Crippen LogP contribution >= 0.6 is 24.2 Å². The van der Waals surface area contributed by atoms with Crippen molar-refractivity contribution in [3.8, 4) is 0 Å². The highest BCUT2D eigenvalue weighted by molar-refractivity contribution is 7.99. The zero-order chi connectivity index (χ0) is 15.5. The fourth-order valence-corrected chi connectivity index (χ4v) is 3.25. The number of unbranched alkanes of at least 4 members (excludes halogenated alkanes) is 1. The molecule has 1 unspecified atom stereocenters. The topological polar surface area (TPSA) is 70.7 Å². The summed E-state index contributed by atoms with van der Waals surface area (Å²) in [6.45, 7) is 4.77. The minimum Gasteiger partial charge on any atom is -0.383 e. The normalized spacial score (nSPS) is 17.2. The summed E-state index contributed by atoms with van der Waals surface area (Å²) in [5.41, 5.74) is 0. The van der Waals surface area contributed by atoms with E-state index in [-0.39, 0.29) is 30.3 Å². The maximum Gasteiger partial charge on any atom is 0.243 e. The molecule has 130 valence electrons. The summed E-state index contributed by atoms with van der Waals surface area (Å²) in [7, 11) is 1.66. The van der Waals surface area contributed by atoms with Gasteiger partial charge in [-0.2, -0.15) is 0 Å². The van der Waals surface area contributed by atoms with Crippen LogP contribution in [0.3, 0.4) is 0 Å². The molecule has 22 heavy (non-hydrogen) atoms. The quantitative estimate of drug-likeness (QED) is 0.570. The van der Waals surface area contributed by atoms with Crippen LogP contribution in [0.15, 0.2) is 0 Å². The number of nitrogens with one attached hydrogen (secondary N) is 2. The molecular formula is C14H28ClN3O3S. The second kappa shape index (κ2) is 13.0. The van der Waals surface area contributed by atoms with E-state index in [1.807, 2.05) is 0 Å². The van der Waals surface area contributed by atoms with Crippen LogP contribution in [0, 0.1) is 0 Å². The Hall–Kier alpha value is -0.500. The summed E-state index contributed by atoms with van der Waals surface area (Å²) in [5.74, 6) is 1.38. The first-order chi connectivity index (χ1) is 10.2. The molecule has 2 N–H and O–H groups in total. The summed E-state index contributed by atoms with van der Waals surface area (Å²) in [4.78, 5) is 25.9. The van der Waals surface area contributed by atoms with Crippen molar-refractivity contribution in [3.05, 3.63) is 0 Å². The van der Waals surface area contributed by atoms with E-state index in [0.29, 0.717) is 37.7 Å². The molecule has 0 aromatic heterocycles. The number of nitrogens with zero attached hydrogens (tertiary/aromatic N) is 1. The third-order valence-corrected chi connectivity index (χ3v) is 4.35. The predicted octanol–water partition coefficient (Wildman–Crippen LogP) is 0.852. The Morgan fingerprint density at radius 2 is 2.09 bits per heavy atom. The van der Waals surface area contributed by atoms with Gasteiger partial charge in [0.2, 0.25) is 11.8 Å². The van der Waals surface area contributed by atoms with Gasteiger partial charge in [0.05, 0.1) is 12.5 Å². The van der Waals surface area contributed by atoms with E-state index in [2.05, 4.69) is 17.6 Å². The number of halogens is 1. The van der Waals surface area contributed by atoms with Crippen molar-refractivity contribution >= 4 is 36.0 Å². The van der Waals surface area contributed by atoms with Gasteiger partial charge in [-0.05, 0) is 6.42 Å². The van der Waals surface area contributed by atoms with Crippen LogP contribution in [0.5, 0.6) is 0 Å². The van der Waals surface area contributed by atoms with E-state index in [1.165, 1.54) is 0 Å². The number of carbonyl (C=O) groups excluding carboxylic acids is 2. The molecule has 1 aliphatic heterocycles. The highest BCUT2D eigenvalue weighted by Crippen LogP contribution is 2.22. The number of thioether (sulfide) groups is 1. The van der Waals surface area contributed by atoms with Crippen molar-refractivity contribution in [1.82, 2.24) is 15.5 Å². The molecule has 0 radical (unpaired) electrons. The molecule has 0 saturated carbocycles. The lowest BCUT2D eigenvalue weighted by Gasteiger charge is -2.23. The first-order valence-electron chi connectivity index (χ1n) is 7.55. The second-order valence-corrected chi connectivity index (χ2v) is 6.02. The monoisotopic (exact) mass is 353 g/mol. The van der Waals surface area contributed by atoms with Crippen molar-refractivity contribution in [1.29, 1.82) is 0 Å². The minimum absolute atomic E-state index is 0. The Morgan fingerprint density at radius 1 is 1.32 bits per heavy atom. The van der Waals surface area contributed by atoms with Crippen molar-refractivity contribution < 1.29 is 14.3 Å². The Bertz CT molecular complexity index is 334. The summed E-state index contributed by atoms with van der Waals surface area (Å²) in [6, 6.07) is -0.307. The molecule has 2 amide bonds. The van der Waals surface area contributed by atoms with E-state index in [1.54, 1.807) is 23.8 Å². The van der Waals surface area contributed by atoms with Crippen LogP contribution in [-0.2, 0) is 14.3 Å². The molecule has 1 fully saturated rings. The van der Waals surface area contributed by atoms with Gasteiger partial charge in [-0.1, -0.05) is 13.3 Å². The first-order valence-corrected chi connectivity index (χ1v) is 8.70. The Labute approximate surface area is 143 Å². The molecule has 0 aromatic rings. The Balaban J connectivity index is 0.00000441. The van der Waals surface area contributed by atoms with Crippen LogP contribution in [0.25, 0.3) is 0 Å². The van der Waals surface area contributed by atoms with Crippen molar-refractivity contribution in [3.63, 3.8) is 0 Å². The molecule has 0 bridgehead atoms. The molecule has 0 spiro atoms. The predicted molar refractivity (Wildman–Crippen MR) is 92.5 cm³/mol. The molecule has 1 heterocycles. The summed E-state index contributed by atoms with van der Waals surface area (Å²) in [6.07, 6.45) is 2.42. The van der Waals surface area contributed by atoms with Crippen LogP contribution in [0.2, 0.25) is 0 Å². The zero-order valence-corrected chi connectivity index (χ0v) is 15.1. The number of hydrogen-bond acceptors (Lipinski definition) is 5. The van der Waals surface area contributed by atoms with E-state index >= 15 is 0 Å². The zero-order valence-electron chi connectivity index (χ0n) is 13.4. The molecule has 1 saturated heterocycles. The molecule has 0 aromatic carbocycles. The van der Waals surface area contributed by atoms with Gasteiger partial charge >= 0.3 is 0 Å². The highest BCUT2D eigenvalue weighted by atomic mass is 35.5. The van der Waals surface area contributed by atoms with Gasteiger partial charge in [-0.3, -0.25) is 9.59 Å².